The zero-order valence-corrected chi connectivity index (χ0v) is 17.0. The van der Waals surface area contributed by atoms with Crippen molar-refractivity contribution < 1.29 is 9.53 Å². The molecule has 3 heterocycles. The highest BCUT2D eigenvalue weighted by atomic mass is 32.2. The lowest BCUT2D eigenvalue weighted by Gasteiger charge is -2.06. The summed E-state index contributed by atoms with van der Waals surface area (Å²) in [5.74, 6) is 0.200. The van der Waals surface area contributed by atoms with E-state index in [1.165, 1.54) is 27.7 Å². The van der Waals surface area contributed by atoms with Gasteiger partial charge in [-0.3, -0.25) is 13.9 Å². The van der Waals surface area contributed by atoms with Gasteiger partial charge in [-0.25, -0.2) is 14.9 Å². The first kappa shape index (κ1) is 19.6. The Labute approximate surface area is 164 Å². The maximum atomic E-state index is 12.8. The molecule has 0 atom stereocenters. The van der Waals surface area contributed by atoms with Crippen molar-refractivity contribution in [3.63, 3.8) is 0 Å². The molecule has 0 amide bonds. The molecule has 0 aromatic carbocycles. The van der Waals surface area contributed by atoms with Crippen molar-refractivity contribution in [2.75, 3.05) is 19.5 Å². The van der Waals surface area contributed by atoms with Crippen molar-refractivity contribution >= 4 is 28.9 Å². The summed E-state index contributed by atoms with van der Waals surface area (Å²) in [7, 11) is 1.62. The lowest BCUT2D eigenvalue weighted by atomic mass is 10.2. The first-order valence-electron chi connectivity index (χ1n) is 8.42. The number of hydrogen-bond acceptors (Lipinski definition) is 7. The number of nitrogens with one attached hydrogen (secondary N) is 1. The van der Waals surface area contributed by atoms with E-state index < -0.39 is 0 Å². The number of ketones is 1. The molecular formula is C17H21N5O3S2. The van der Waals surface area contributed by atoms with Gasteiger partial charge in [-0.1, -0.05) is 11.8 Å². The Morgan fingerprint density at radius 3 is 2.93 bits per heavy atom. The number of thioether (sulfide) groups is 1. The average molecular weight is 408 g/mol. The Balaban J connectivity index is 1.72. The van der Waals surface area contributed by atoms with Crippen LogP contribution in [-0.2, 0) is 11.3 Å². The van der Waals surface area contributed by atoms with Gasteiger partial charge in [-0.2, -0.15) is 0 Å². The van der Waals surface area contributed by atoms with Gasteiger partial charge in [0.2, 0.25) is 0 Å². The Morgan fingerprint density at radius 1 is 1.41 bits per heavy atom. The Bertz CT molecular complexity index is 972. The highest BCUT2D eigenvalue weighted by Crippen LogP contribution is 2.24. The predicted molar refractivity (Wildman–Crippen MR) is 105 cm³/mol. The van der Waals surface area contributed by atoms with Gasteiger partial charge in [0.25, 0.3) is 0 Å². The van der Waals surface area contributed by atoms with Crippen LogP contribution in [-0.4, -0.2) is 49.6 Å². The molecule has 3 rings (SSSR count). The number of thiazole rings is 1. The summed E-state index contributed by atoms with van der Waals surface area (Å²) in [6.45, 7) is 4.93. The minimum atomic E-state index is -0.275. The van der Waals surface area contributed by atoms with Gasteiger partial charge in [0.15, 0.2) is 16.1 Å². The summed E-state index contributed by atoms with van der Waals surface area (Å²) in [4.78, 5) is 29.0. The molecule has 8 nitrogen and oxygen atoms in total. The smallest absolute Gasteiger partial charge is 0.343 e. The van der Waals surface area contributed by atoms with Gasteiger partial charge in [-0.05, 0) is 26.3 Å². The van der Waals surface area contributed by atoms with Crippen molar-refractivity contribution in [1.82, 2.24) is 24.3 Å². The summed E-state index contributed by atoms with van der Waals surface area (Å²) in [6, 6.07) is 1.88. The lowest BCUT2D eigenvalue weighted by molar-refractivity contribution is 0.102. The molecule has 0 saturated carbocycles. The van der Waals surface area contributed by atoms with E-state index in [1.54, 1.807) is 13.3 Å². The summed E-state index contributed by atoms with van der Waals surface area (Å²) in [5, 5.41) is 9.74. The molecule has 0 aliphatic carbocycles. The van der Waals surface area contributed by atoms with Crippen LogP contribution in [0.4, 0.5) is 0 Å². The van der Waals surface area contributed by atoms with Gasteiger partial charge < -0.3 is 4.74 Å². The zero-order valence-electron chi connectivity index (χ0n) is 15.4. The van der Waals surface area contributed by atoms with Crippen molar-refractivity contribution in [1.29, 1.82) is 0 Å². The van der Waals surface area contributed by atoms with Gasteiger partial charge in [0.05, 0.1) is 5.75 Å². The second kappa shape index (κ2) is 8.68. The van der Waals surface area contributed by atoms with E-state index in [4.69, 9.17) is 4.74 Å². The van der Waals surface area contributed by atoms with E-state index in [0.29, 0.717) is 30.3 Å². The molecule has 0 unspecified atom stereocenters. The molecule has 0 radical (unpaired) electrons. The van der Waals surface area contributed by atoms with Crippen molar-refractivity contribution in [3.8, 4) is 5.13 Å². The largest absolute Gasteiger partial charge is 0.385 e. The second-order valence-electron chi connectivity index (χ2n) is 5.96. The highest BCUT2D eigenvalue weighted by molar-refractivity contribution is 7.99. The summed E-state index contributed by atoms with van der Waals surface area (Å²) in [6.07, 6.45) is 2.45. The standard InChI is InChI=1S/C17H21N5O3S2/c1-11-9-13(12(2)22(11)16-18-5-8-26-16)14(23)10-27-17-20-19-15(24)21(17)6-4-7-25-3/h5,8-9H,4,6-7,10H2,1-3H3,(H,19,24). The van der Waals surface area contributed by atoms with Crippen molar-refractivity contribution in [3.05, 3.63) is 45.1 Å². The van der Waals surface area contributed by atoms with Gasteiger partial charge >= 0.3 is 5.69 Å². The Morgan fingerprint density at radius 2 is 2.22 bits per heavy atom. The number of aryl methyl sites for hydroxylation is 1. The minimum Gasteiger partial charge on any atom is -0.385 e. The fourth-order valence-corrected chi connectivity index (χ4v) is 4.46. The minimum absolute atomic E-state index is 0.00482. The number of H-pyrrole nitrogens is 1. The third-order valence-corrected chi connectivity index (χ3v) is 5.86. The van der Waals surface area contributed by atoms with Crippen LogP contribution in [0.25, 0.3) is 5.13 Å². The van der Waals surface area contributed by atoms with E-state index >= 15 is 0 Å². The zero-order chi connectivity index (χ0) is 19.4. The molecule has 0 aliphatic heterocycles. The molecule has 0 spiro atoms. The molecule has 1 N–H and O–H groups in total. The van der Waals surface area contributed by atoms with Crippen molar-refractivity contribution in [2.45, 2.75) is 32.0 Å². The monoisotopic (exact) mass is 407 g/mol. The van der Waals surface area contributed by atoms with Crippen molar-refractivity contribution in [2.24, 2.45) is 0 Å². The van der Waals surface area contributed by atoms with E-state index in [2.05, 4.69) is 15.2 Å². The number of hydrogen-bond donors (Lipinski definition) is 1. The Hall–Kier alpha value is -2.17. The molecule has 3 aromatic rings. The first-order chi connectivity index (χ1) is 13.0. The maximum Gasteiger partial charge on any atom is 0.343 e. The average Bonchev–Trinajstić information content (AvgIpc) is 3.34. The molecule has 0 saturated heterocycles. The summed E-state index contributed by atoms with van der Waals surface area (Å²) >= 11 is 2.78. The Kier molecular flexibility index (Phi) is 6.30. The third kappa shape index (κ3) is 4.23. The van der Waals surface area contributed by atoms with Crippen LogP contribution in [0.3, 0.4) is 0 Å². The number of rotatable bonds is 9. The van der Waals surface area contributed by atoms with Crippen LogP contribution < -0.4 is 5.69 Å². The van der Waals surface area contributed by atoms with Crippen LogP contribution >= 0.6 is 23.1 Å². The molecule has 0 fully saturated rings. The van der Waals surface area contributed by atoms with E-state index in [9.17, 15) is 9.59 Å². The lowest BCUT2D eigenvalue weighted by Crippen LogP contribution is -2.18. The van der Waals surface area contributed by atoms with Crippen LogP contribution in [0, 0.1) is 13.8 Å². The molecular weight excluding hydrogens is 386 g/mol. The van der Waals surface area contributed by atoms with E-state index in [0.717, 1.165) is 16.5 Å². The number of Topliss-reactive ketones (excluding diaryl/α,β-unsaturated/α-hetero) is 1. The number of ether oxygens (including phenoxy) is 1. The molecule has 0 aliphatic rings. The molecule has 27 heavy (non-hydrogen) atoms. The van der Waals surface area contributed by atoms with E-state index in [1.807, 2.05) is 29.9 Å². The second-order valence-corrected chi connectivity index (χ2v) is 7.77. The number of methoxy groups -OCH3 is 1. The van der Waals surface area contributed by atoms with Crippen LogP contribution in [0.5, 0.6) is 0 Å². The SMILES string of the molecule is COCCCn1c(SCC(=O)c2cc(C)n(-c3nccs3)c2C)n[nH]c1=O. The normalized spacial score (nSPS) is 11.2. The first-order valence-corrected chi connectivity index (χ1v) is 10.3. The number of nitrogens with zero attached hydrogens (tertiary/aromatic N) is 4. The molecule has 10 heteroatoms. The maximum absolute atomic E-state index is 12.8. The van der Waals surface area contributed by atoms with E-state index in [-0.39, 0.29) is 17.2 Å². The third-order valence-electron chi connectivity index (χ3n) is 4.13. The molecule has 0 bridgehead atoms. The number of carbonyl (C=O) groups excluding carboxylic acids is 1. The number of aromatic amines is 1. The van der Waals surface area contributed by atoms with Gasteiger partial charge in [0, 0.05) is 48.8 Å². The number of carbonyl (C=O) groups is 1. The molecule has 3 aromatic heterocycles. The van der Waals surface area contributed by atoms with Gasteiger partial charge in [-0.15, -0.1) is 16.4 Å². The van der Waals surface area contributed by atoms with Crippen LogP contribution in [0.1, 0.15) is 28.2 Å². The highest BCUT2D eigenvalue weighted by Gasteiger charge is 2.19. The predicted octanol–water partition coefficient (Wildman–Crippen LogP) is 2.45. The van der Waals surface area contributed by atoms with Gasteiger partial charge in [0.1, 0.15) is 0 Å². The fraction of sp³-hybridized carbons (Fsp3) is 0.412. The van der Waals surface area contributed by atoms with Crippen LogP contribution in [0.2, 0.25) is 0 Å². The topological polar surface area (TPSA) is 94.8 Å². The number of aromatic nitrogens is 5. The fourth-order valence-electron chi connectivity index (χ4n) is 2.85. The van der Waals surface area contributed by atoms with Crippen LogP contribution in [0.15, 0.2) is 27.6 Å². The summed E-state index contributed by atoms with van der Waals surface area (Å²) in [5.41, 5.74) is 2.22. The molecule has 144 valence electrons. The summed E-state index contributed by atoms with van der Waals surface area (Å²) < 4.78 is 8.54. The quantitative estimate of drug-likeness (QED) is 0.333.